The number of carbonyl (C=O) groups excluding carboxylic acids is 1. The lowest BCUT2D eigenvalue weighted by Crippen LogP contribution is -2.29. The van der Waals surface area contributed by atoms with E-state index in [1.165, 1.54) is 10.9 Å². The fourth-order valence-electron chi connectivity index (χ4n) is 1.19. The quantitative estimate of drug-likeness (QED) is 0.650. The van der Waals surface area contributed by atoms with Crippen molar-refractivity contribution >= 4 is 5.91 Å². The second-order valence-electron chi connectivity index (χ2n) is 3.37. The van der Waals surface area contributed by atoms with E-state index >= 15 is 0 Å². The van der Waals surface area contributed by atoms with E-state index in [1.807, 2.05) is 0 Å². The Morgan fingerprint density at radius 3 is 3.14 bits per heavy atom. The molecule has 0 atom stereocenters. The Kier molecular flexibility index (Phi) is 2.45. The molecule has 1 aliphatic rings. The van der Waals surface area contributed by atoms with Crippen molar-refractivity contribution in [2.45, 2.75) is 32.0 Å². The molecule has 1 heterocycles. The third-order valence-corrected chi connectivity index (χ3v) is 2.09. The molecule has 2 rings (SSSR count). The van der Waals surface area contributed by atoms with Gasteiger partial charge in [0, 0.05) is 6.04 Å². The van der Waals surface area contributed by atoms with Crippen molar-refractivity contribution in [1.82, 2.24) is 20.1 Å². The summed E-state index contributed by atoms with van der Waals surface area (Å²) in [6.45, 7) is -0.0178. The summed E-state index contributed by atoms with van der Waals surface area (Å²) < 4.78 is 1.54. The van der Waals surface area contributed by atoms with E-state index < -0.39 is 0 Å². The van der Waals surface area contributed by atoms with Gasteiger partial charge in [0.15, 0.2) is 5.82 Å². The van der Waals surface area contributed by atoms with Crippen molar-refractivity contribution in [2.75, 3.05) is 0 Å². The molecule has 0 aromatic carbocycles. The molecule has 1 aromatic heterocycles. The third kappa shape index (κ3) is 2.08. The summed E-state index contributed by atoms with van der Waals surface area (Å²) in [5.74, 6) is 0.359. The van der Waals surface area contributed by atoms with Crippen LogP contribution in [-0.4, -0.2) is 31.8 Å². The Hall–Kier alpha value is -1.43. The summed E-state index contributed by atoms with van der Waals surface area (Å²) in [4.78, 5) is 11.4. The highest BCUT2D eigenvalue weighted by Gasteiger charge is 2.23. The van der Waals surface area contributed by atoms with E-state index in [9.17, 15) is 4.79 Å². The molecular formula is C8H12N4O2. The molecule has 76 valence electrons. The molecule has 6 nitrogen and oxygen atoms in total. The van der Waals surface area contributed by atoms with Crippen LogP contribution in [0.1, 0.15) is 18.7 Å². The zero-order chi connectivity index (χ0) is 9.97. The van der Waals surface area contributed by atoms with Gasteiger partial charge in [-0.1, -0.05) is 0 Å². The fourth-order valence-corrected chi connectivity index (χ4v) is 1.19. The first-order chi connectivity index (χ1) is 6.79. The smallest absolute Gasteiger partial charge is 0.240 e. The maximum absolute atomic E-state index is 11.4. The first-order valence-electron chi connectivity index (χ1n) is 4.56. The maximum atomic E-state index is 11.4. The first-order valence-corrected chi connectivity index (χ1v) is 4.56. The number of nitrogens with zero attached hydrogens (tertiary/aromatic N) is 3. The third-order valence-electron chi connectivity index (χ3n) is 2.09. The van der Waals surface area contributed by atoms with Gasteiger partial charge >= 0.3 is 0 Å². The molecule has 1 fully saturated rings. The molecule has 1 amide bonds. The van der Waals surface area contributed by atoms with Crippen molar-refractivity contribution in [2.24, 2.45) is 0 Å². The van der Waals surface area contributed by atoms with Crippen molar-refractivity contribution in [3.05, 3.63) is 12.2 Å². The van der Waals surface area contributed by atoms with Gasteiger partial charge in [0.2, 0.25) is 5.91 Å². The molecule has 6 heteroatoms. The van der Waals surface area contributed by atoms with E-state index in [1.54, 1.807) is 0 Å². The second kappa shape index (κ2) is 3.75. The van der Waals surface area contributed by atoms with Crippen molar-refractivity contribution in [3.63, 3.8) is 0 Å². The number of hydrogen-bond acceptors (Lipinski definition) is 4. The van der Waals surface area contributed by atoms with Crippen molar-refractivity contribution in [3.8, 4) is 0 Å². The SMILES string of the molecule is O=C(Cn1cnnc1CO)NC1CC1. The summed E-state index contributed by atoms with van der Waals surface area (Å²) in [5, 5.41) is 19.0. The lowest BCUT2D eigenvalue weighted by atomic mass is 10.5. The monoisotopic (exact) mass is 196 g/mol. The summed E-state index contributed by atoms with van der Waals surface area (Å²) in [5.41, 5.74) is 0. The number of hydrogen-bond donors (Lipinski definition) is 2. The van der Waals surface area contributed by atoms with Gasteiger partial charge < -0.3 is 15.0 Å². The molecule has 1 aromatic rings. The van der Waals surface area contributed by atoms with Gasteiger partial charge in [-0.3, -0.25) is 4.79 Å². The van der Waals surface area contributed by atoms with Crippen LogP contribution in [0, 0.1) is 0 Å². The van der Waals surface area contributed by atoms with Gasteiger partial charge in [-0.15, -0.1) is 10.2 Å². The summed E-state index contributed by atoms with van der Waals surface area (Å²) in [7, 11) is 0. The molecule has 0 bridgehead atoms. The van der Waals surface area contributed by atoms with Gasteiger partial charge in [-0.2, -0.15) is 0 Å². The maximum Gasteiger partial charge on any atom is 0.240 e. The number of carbonyl (C=O) groups is 1. The predicted octanol–water partition coefficient (Wildman–Crippen LogP) is -0.951. The summed E-state index contributed by atoms with van der Waals surface area (Å²) in [6, 6.07) is 0.358. The fraction of sp³-hybridized carbons (Fsp3) is 0.625. The number of rotatable bonds is 4. The number of aromatic nitrogens is 3. The van der Waals surface area contributed by atoms with Crippen LogP contribution in [0.3, 0.4) is 0 Å². The molecule has 0 unspecified atom stereocenters. The minimum absolute atomic E-state index is 0.0537. The van der Waals surface area contributed by atoms with Gasteiger partial charge in [0.05, 0.1) is 0 Å². The number of aliphatic hydroxyl groups excluding tert-OH is 1. The van der Waals surface area contributed by atoms with Gasteiger partial charge in [0.1, 0.15) is 19.5 Å². The van der Waals surface area contributed by atoms with E-state index in [-0.39, 0.29) is 19.1 Å². The highest BCUT2D eigenvalue weighted by molar-refractivity contribution is 5.76. The summed E-state index contributed by atoms with van der Waals surface area (Å²) in [6.07, 6.45) is 3.58. The van der Waals surface area contributed by atoms with Crippen LogP contribution >= 0.6 is 0 Å². The Morgan fingerprint density at radius 2 is 2.50 bits per heavy atom. The lowest BCUT2D eigenvalue weighted by molar-refractivity contribution is -0.121. The average molecular weight is 196 g/mol. The highest BCUT2D eigenvalue weighted by Crippen LogP contribution is 2.18. The Morgan fingerprint density at radius 1 is 1.71 bits per heavy atom. The van der Waals surface area contributed by atoms with Crippen LogP contribution in [0.4, 0.5) is 0 Å². The van der Waals surface area contributed by atoms with Crippen LogP contribution in [0.2, 0.25) is 0 Å². The molecule has 1 saturated carbocycles. The molecule has 1 aliphatic carbocycles. The molecule has 0 aliphatic heterocycles. The van der Waals surface area contributed by atoms with Crippen LogP contribution < -0.4 is 5.32 Å². The van der Waals surface area contributed by atoms with Crippen LogP contribution in [0.5, 0.6) is 0 Å². The Bertz CT molecular complexity index is 332. The van der Waals surface area contributed by atoms with E-state index in [0.717, 1.165) is 12.8 Å². The van der Waals surface area contributed by atoms with E-state index in [2.05, 4.69) is 15.5 Å². The molecule has 0 spiro atoms. The van der Waals surface area contributed by atoms with Crippen LogP contribution in [0.25, 0.3) is 0 Å². The van der Waals surface area contributed by atoms with Gasteiger partial charge in [-0.05, 0) is 12.8 Å². The minimum Gasteiger partial charge on any atom is -0.388 e. The number of nitrogens with one attached hydrogen (secondary N) is 1. The standard InChI is InChI=1S/C8H12N4O2/c13-4-7-11-9-5-12(7)3-8(14)10-6-1-2-6/h5-6,13H,1-4H2,(H,10,14). The van der Waals surface area contributed by atoms with Crippen molar-refractivity contribution < 1.29 is 9.90 Å². The number of amides is 1. The van der Waals surface area contributed by atoms with Gasteiger partial charge in [0.25, 0.3) is 0 Å². The second-order valence-corrected chi connectivity index (χ2v) is 3.37. The van der Waals surface area contributed by atoms with Gasteiger partial charge in [-0.25, -0.2) is 0 Å². The molecule has 0 radical (unpaired) electrons. The minimum atomic E-state index is -0.198. The highest BCUT2D eigenvalue weighted by atomic mass is 16.3. The topological polar surface area (TPSA) is 80.0 Å². The van der Waals surface area contributed by atoms with E-state index in [4.69, 9.17) is 5.11 Å². The first kappa shape index (κ1) is 9.14. The van der Waals surface area contributed by atoms with E-state index in [0.29, 0.717) is 11.9 Å². The number of aliphatic hydroxyl groups is 1. The normalized spacial score (nSPS) is 15.5. The molecule has 14 heavy (non-hydrogen) atoms. The van der Waals surface area contributed by atoms with Crippen LogP contribution in [-0.2, 0) is 17.9 Å². The zero-order valence-corrected chi connectivity index (χ0v) is 7.68. The lowest BCUT2D eigenvalue weighted by Gasteiger charge is -2.05. The van der Waals surface area contributed by atoms with Crippen LogP contribution in [0.15, 0.2) is 6.33 Å². The summed E-state index contributed by atoms with van der Waals surface area (Å²) >= 11 is 0. The molecular weight excluding hydrogens is 184 g/mol. The average Bonchev–Trinajstić information content (AvgIpc) is 2.84. The Labute approximate surface area is 80.9 Å². The Balaban J connectivity index is 1.91. The molecule has 2 N–H and O–H groups in total. The zero-order valence-electron chi connectivity index (χ0n) is 7.68. The predicted molar refractivity (Wildman–Crippen MR) is 47.1 cm³/mol. The largest absolute Gasteiger partial charge is 0.388 e. The van der Waals surface area contributed by atoms with Crippen molar-refractivity contribution in [1.29, 1.82) is 0 Å². The molecule has 0 saturated heterocycles.